The maximum atomic E-state index is 12.7. The molecule has 0 saturated heterocycles. The number of carbonyl (C=O) groups is 1. The molecule has 5 heteroatoms. The van der Waals surface area contributed by atoms with Crippen LogP contribution in [0.4, 0.5) is 0 Å². The van der Waals surface area contributed by atoms with Gasteiger partial charge in [-0.15, -0.1) is 12.4 Å². The van der Waals surface area contributed by atoms with Gasteiger partial charge in [0.05, 0.1) is 6.04 Å². The van der Waals surface area contributed by atoms with E-state index < -0.39 is 0 Å². The van der Waals surface area contributed by atoms with Crippen LogP contribution in [0.15, 0.2) is 18.2 Å². The molecule has 1 aromatic rings. The Balaban J connectivity index is 0.00000176. The molecule has 1 aliphatic heterocycles. The molecule has 1 heterocycles. The van der Waals surface area contributed by atoms with E-state index in [1.807, 2.05) is 19.1 Å². The lowest BCUT2D eigenvalue weighted by Crippen LogP contribution is -2.43. The minimum absolute atomic E-state index is 0. The molecule has 3 rings (SSSR count). The van der Waals surface area contributed by atoms with Crippen LogP contribution in [-0.2, 0) is 0 Å². The van der Waals surface area contributed by atoms with Gasteiger partial charge in [-0.05, 0) is 45.0 Å². The molecular weight excluding hydrogens is 302 g/mol. The fraction of sp³-hybridized carbons (Fsp3) is 0.588. The summed E-state index contributed by atoms with van der Waals surface area (Å²) >= 11 is 0. The van der Waals surface area contributed by atoms with E-state index in [1.54, 1.807) is 6.07 Å². The second-order valence-electron chi connectivity index (χ2n) is 6.07. The summed E-state index contributed by atoms with van der Waals surface area (Å²) in [5.74, 6) is 1.55. The lowest BCUT2D eigenvalue weighted by molar-refractivity contribution is 0.0778. The molecule has 1 aromatic carbocycles. The summed E-state index contributed by atoms with van der Waals surface area (Å²) in [6.45, 7) is 2.24. The molecule has 4 nitrogen and oxygen atoms in total. The summed E-state index contributed by atoms with van der Waals surface area (Å²) in [6, 6.07) is 5.89. The van der Waals surface area contributed by atoms with Crippen molar-refractivity contribution in [1.82, 2.24) is 4.90 Å². The van der Waals surface area contributed by atoms with Gasteiger partial charge in [0.25, 0.3) is 0 Å². The number of fused-ring (bicyclic) bond motifs is 1. The van der Waals surface area contributed by atoms with Gasteiger partial charge in [0.1, 0.15) is 0 Å². The number of likely N-dealkylation sites (N-methyl/N-ethyl adjacent to an activating group) is 1. The summed E-state index contributed by atoms with van der Waals surface area (Å²) in [4.78, 5) is 14.9. The number of hydrogen-bond donors (Lipinski definition) is 0. The third-order valence-electron chi connectivity index (χ3n) is 4.80. The fourth-order valence-electron chi connectivity index (χ4n) is 3.28. The summed E-state index contributed by atoms with van der Waals surface area (Å²) in [5, 5.41) is 0. The van der Waals surface area contributed by atoms with E-state index in [9.17, 15) is 4.79 Å². The summed E-state index contributed by atoms with van der Waals surface area (Å²) < 4.78 is 10.7. The Morgan fingerprint density at radius 1 is 1.18 bits per heavy atom. The molecule has 1 saturated carbocycles. The van der Waals surface area contributed by atoms with Crippen molar-refractivity contribution in [2.45, 2.75) is 51.1 Å². The van der Waals surface area contributed by atoms with Crippen molar-refractivity contribution in [3.8, 4) is 11.5 Å². The van der Waals surface area contributed by atoms with Crippen LogP contribution in [-0.4, -0.2) is 36.6 Å². The monoisotopic (exact) mass is 325 g/mol. The van der Waals surface area contributed by atoms with Gasteiger partial charge >= 0.3 is 0 Å². The number of Topliss-reactive ketones (excluding diaryl/α,β-unsaturated/α-hetero) is 1. The largest absolute Gasteiger partial charge is 0.454 e. The lowest BCUT2D eigenvalue weighted by atomic mass is 9.92. The van der Waals surface area contributed by atoms with E-state index in [0.717, 1.165) is 5.75 Å². The van der Waals surface area contributed by atoms with Gasteiger partial charge < -0.3 is 9.47 Å². The normalized spacial score (nSPS) is 18.9. The van der Waals surface area contributed by atoms with E-state index in [1.165, 1.54) is 32.1 Å². The van der Waals surface area contributed by atoms with Crippen LogP contribution in [0, 0.1) is 0 Å². The average Bonchev–Trinajstić information content (AvgIpc) is 3.01. The van der Waals surface area contributed by atoms with Crippen molar-refractivity contribution in [2.24, 2.45) is 0 Å². The van der Waals surface area contributed by atoms with Crippen molar-refractivity contribution in [3.05, 3.63) is 23.8 Å². The Morgan fingerprint density at radius 3 is 2.59 bits per heavy atom. The summed E-state index contributed by atoms with van der Waals surface area (Å²) in [6.07, 6.45) is 6.29. The van der Waals surface area contributed by atoms with Crippen LogP contribution in [0.5, 0.6) is 11.5 Å². The highest BCUT2D eigenvalue weighted by molar-refractivity contribution is 6.00. The van der Waals surface area contributed by atoms with Crippen LogP contribution in [0.1, 0.15) is 49.4 Å². The Morgan fingerprint density at radius 2 is 1.86 bits per heavy atom. The molecule has 1 fully saturated rings. The van der Waals surface area contributed by atoms with Crippen molar-refractivity contribution in [1.29, 1.82) is 0 Å². The highest BCUT2D eigenvalue weighted by atomic mass is 35.5. The molecule has 1 unspecified atom stereocenters. The van der Waals surface area contributed by atoms with Gasteiger partial charge in [-0.25, -0.2) is 0 Å². The Hall–Kier alpha value is -1.26. The van der Waals surface area contributed by atoms with Gasteiger partial charge in [-0.3, -0.25) is 9.69 Å². The zero-order valence-electron chi connectivity index (χ0n) is 13.2. The van der Waals surface area contributed by atoms with Gasteiger partial charge in [-0.1, -0.05) is 19.3 Å². The molecule has 2 aliphatic rings. The molecule has 0 spiro atoms. The maximum Gasteiger partial charge on any atom is 0.231 e. The average molecular weight is 326 g/mol. The second-order valence-corrected chi connectivity index (χ2v) is 6.07. The lowest BCUT2D eigenvalue weighted by Gasteiger charge is -2.34. The van der Waals surface area contributed by atoms with E-state index in [2.05, 4.69) is 11.9 Å². The topological polar surface area (TPSA) is 38.8 Å². The van der Waals surface area contributed by atoms with Crippen LogP contribution in [0.3, 0.4) is 0 Å². The van der Waals surface area contributed by atoms with Crippen molar-refractivity contribution in [2.75, 3.05) is 13.8 Å². The molecule has 122 valence electrons. The SMILES string of the molecule is CC(C(=O)c1ccc2c(c1)OCO2)N(C)C1CCCCC1.Cl. The molecule has 0 N–H and O–H groups in total. The molecular formula is C17H24ClNO3. The molecule has 0 bridgehead atoms. The van der Waals surface area contributed by atoms with Crippen molar-refractivity contribution in [3.63, 3.8) is 0 Å². The molecule has 1 aliphatic carbocycles. The summed E-state index contributed by atoms with van der Waals surface area (Å²) in [5.41, 5.74) is 0.703. The quantitative estimate of drug-likeness (QED) is 0.792. The number of rotatable bonds is 4. The third-order valence-corrected chi connectivity index (χ3v) is 4.80. The first kappa shape index (κ1) is 17.1. The number of nitrogens with zero attached hydrogens (tertiary/aromatic N) is 1. The number of ether oxygens (including phenoxy) is 2. The van der Waals surface area contributed by atoms with Crippen LogP contribution in [0.2, 0.25) is 0 Å². The smallest absolute Gasteiger partial charge is 0.231 e. The first-order chi connectivity index (χ1) is 10.2. The highest BCUT2D eigenvalue weighted by Crippen LogP contribution is 2.33. The number of carbonyl (C=O) groups excluding carboxylic acids is 1. The molecule has 1 atom stereocenters. The van der Waals surface area contributed by atoms with Gasteiger partial charge in [-0.2, -0.15) is 0 Å². The van der Waals surface area contributed by atoms with Gasteiger partial charge in [0.15, 0.2) is 17.3 Å². The van der Waals surface area contributed by atoms with Crippen LogP contribution in [0.25, 0.3) is 0 Å². The molecule has 0 aromatic heterocycles. The van der Waals surface area contributed by atoms with Gasteiger partial charge in [0, 0.05) is 11.6 Å². The predicted molar refractivity (Wildman–Crippen MR) is 88.2 cm³/mol. The van der Waals surface area contributed by atoms with Gasteiger partial charge in [0.2, 0.25) is 6.79 Å². The zero-order chi connectivity index (χ0) is 14.8. The third kappa shape index (κ3) is 3.39. The minimum Gasteiger partial charge on any atom is -0.454 e. The first-order valence-corrected chi connectivity index (χ1v) is 7.82. The molecule has 0 amide bonds. The Labute approximate surface area is 138 Å². The Bertz CT molecular complexity index is 529. The number of hydrogen-bond acceptors (Lipinski definition) is 4. The number of halogens is 1. The number of benzene rings is 1. The van der Waals surface area contributed by atoms with Crippen LogP contribution < -0.4 is 9.47 Å². The first-order valence-electron chi connectivity index (χ1n) is 7.82. The van der Waals surface area contributed by atoms with E-state index >= 15 is 0 Å². The summed E-state index contributed by atoms with van der Waals surface area (Å²) in [7, 11) is 2.07. The second kappa shape index (κ2) is 7.34. The fourth-order valence-corrected chi connectivity index (χ4v) is 3.28. The maximum absolute atomic E-state index is 12.7. The van der Waals surface area contributed by atoms with Crippen LogP contribution >= 0.6 is 12.4 Å². The van der Waals surface area contributed by atoms with Crippen molar-refractivity contribution >= 4 is 18.2 Å². The molecule has 22 heavy (non-hydrogen) atoms. The molecule has 0 radical (unpaired) electrons. The standard InChI is InChI=1S/C17H23NO3.ClH/c1-12(18(2)14-6-4-3-5-7-14)17(19)13-8-9-15-16(10-13)21-11-20-15;/h8-10,12,14H,3-7,11H2,1-2H3;1H. The van der Waals surface area contributed by atoms with E-state index in [0.29, 0.717) is 17.4 Å². The number of ketones is 1. The zero-order valence-corrected chi connectivity index (χ0v) is 14.0. The van der Waals surface area contributed by atoms with E-state index in [4.69, 9.17) is 9.47 Å². The predicted octanol–water partition coefficient (Wildman–Crippen LogP) is 3.67. The van der Waals surface area contributed by atoms with E-state index in [-0.39, 0.29) is 31.0 Å². The highest BCUT2D eigenvalue weighted by Gasteiger charge is 2.27. The van der Waals surface area contributed by atoms with Crippen molar-refractivity contribution < 1.29 is 14.3 Å². The Kier molecular flexibility index (Phi) is 5.70. The minimum atomic E-state index is -0.103.